The van der Waals surface area contributed by atoms with Crippen LogP contribution >= 0.6 is 0 Å². The number of fused-ring (bicyclic) bond motifs is 2. The Bertz CT molecular complexity index is 1050. The summed E-state index contributed by atoms with van der Waals surface area (Å²) in [5.41, 5.74) is 0.420. The highest BCUT2D eigenvalue weighted by Gasteiger charge is 2.52. The zero-order chi connectivity index (χ0) is 20.1. The van der Waals surface area contributed by atoms with Crippen LogP contribution in [0, 0.1) is 11.2 Å². The summed E-state index contributed by atoms with van der Waals surface area (Å²) in [6, 6.07) is 7.70. The van der Waals surface area contributed by atoms with Crippen LogP contribution < -0.4 is 4.74 Å². The smallest absolute Gasteiger partial charge is 0.256 e. The maximum Gasteiger partial charge on any atom is 0.256 e. The highest BCUT2D eigenvalue weighted by molar-refractivity contribution is 7.90. The van der Waals surface area contributed by atoms with E-state index >= 15 is 0 Å². The van der Waals surface area contributed by atoms with Crippen LogP contribution in [-0.2, 0) is 10.0 Å². The summed E-state index contributed by atoms with van der Waals surface area (Å²) in [6.07, 6.45) is 6.15. The van der Waals surface area contributed by atoms with Crippen LogP contribution in [0.25, 0.3) is 11.4 Å². The molecular formula is C20H21FN4O3S. The summed E-state index contributed by atoms with van der Waals surface area (Å²) in [4.78, 5) is 10.1. The molecule has 4 heterocycles. The van der Waals surface area contributed by atoms with E-state index in [1.54, 1.807) is 0 Å². The zero-order valence-electron chi connectivity index (χ0n) is 15.8. The molecule has 2 bridgehead atoms. The topological polar surface area (TPSA) is 84.8 Å². The summed E-state index contributed by atoms with van der Waals surface area (Å²) in [6.45, 7) is 0.927. The van der Waals surface area contributed by atoms with Crippen molar-refractivity contribution in [2.24, 2.45) is 9.81 Å². The van der Waals surface area contributed by atoms with Crippen molar-refractivity contribution in [3.63, 3.8) is 0 Å². The highest BCUT2D eigenvalue weighted by Crippen LogP contribution is 2.47. The predicted molar refractivity (Wildman–Crippen MR) is 106 cm³/mol. The second-order valence-electron chi connectivity index (χ2n) is 7.94. The van der Waals surface area contributed by atoms with Gasteiger partial charge < -0.3 is 9.64 Å². The fourth-order valence-electron chi connectivity index (χ4n) is 4.59. The minimum atomic E-state index is -3.39. The molecule has 7 nitrogen and oxygen atoms in total. The Hall–Kier alpha value is -2.55. The molecule has 4 aliphatic rings. The van der Waals surface area contributed by atoms with Crippen molar-refractivity contribution in [2.75, 3.05) is 18.9 Å². The van der Waals surface area contributed by atoms with Crippen LogP contribution in [0.4, 0.5) is 4.39 Å². The molecule has 0 spiro atoms. The molecule has 1 aliphatic carbocycles. The molecular weight excluding hydrogens is 395 g/mol. The van der Waals surface area contributed by atoms with Gasteiger partial charge in [0.2, 0.25) is 0 Å². The van der Waals surface area contributed by atoms with E-state index in [1.165, 1.54) is 0 Å². The average molecular weight is 416 g/mol. The van der Waals surface area contributed by atoms with E-state index in [2.05, 4.69) is 19.3 Å². The fourth-order valence-corrected chi connectivity index (χ4v) is 5.67. The van der Waals surface area contributed by atoms with Gasteiger partial charge in [-0.15, -0.1) is 4.40 Å². The molecule has 0 radical (unpaired) electrons. The number of hydrogen-bond acceptors (Lipinski definition) is 6. The lowest BCUT2D eigenvalue weighted by Gasteiger charge is -2.54. The van der Waals surface area contributed by atoms with Crippen molar-refractivity contribution in [3.05, 3.63) is 42.5 Å². The maximum atomic E-state index is 13.0. The van der Waals surface area contributed by atoms with Crippen LogP contribution in [0.5, 0.6) is 5.75 Å². The number of sulfonamides is 1. The molecule has 152 valence electrons. The van der Waals surface area contributed by atoms with Crippen molar-refractivity contribution in [1.82, 2.24) is 14.9 Å². The van der Waals surface area contributed by atoms with E-state index in [0.717, 1.165) is 43.6 Å². The van der Waals surface area contributed by atoms with E-state index in [9.17, 15) is 12.8 Å². The van der Waals surface area contributed by atoms with Gasteiger partial charge in [-0.25, -0.2) is 22.8 Å². The molecule has 1 aromatic carbocycles. The van der Waals surface area contributed by atoms with Gasteiger partial charge in [0.15, 0.2) is 11.6 Å². The van der Waals surface area contributed by atoms with Crippen molar-refractivity contribution in [1.29, 1.82) is 0 Å². The number of halogens is 1. The van der Waals surface area contributed by atoms with Crippen molar-refractivity contribution in [3.8, 4) is 17.1 Å². The molecule has 0 atom stereocenters. The van der Waals surface area contributed by atoms with Gasteiger partial charge in [-0.1, -0.05) is 0 Å². The third-order valence-corrected chi connectivity index (χ3v) is 7.31. The number of amidine groups is 1. The molecule has 0 amide bonds. The summed E-state index contributed by atoms with van der Waals surface area (Å²) in [5.74, 6) is 1.44. The lowest BCUT2D eigenvalue weighted by Crippen LogP contribution is -2.62. The highest BCUT2D eigenvalue weighted by atomic mass is 32.2. The molecule has 1 saturated carbocycles. The summed E-state index contributed by atoms with van der Waals surface area (Å²) < 4.78 is 47.4. The third-order valence-electron chi connectivity index (χ3n) is 6.16. The Morgan fingerprint density at radius 2 is 1.83 bits per heavy atom. The van der Waals surface area contributed by atoms with Gasteiger partial charge in [0, 0.05) is 18.2 Å². The fraction of sp³-hybridized carbons (Fsp3) is 0.450. The third kappa shape index (κ3) is 3.37. The van der Waals surface area contributed by atoms with Gasteiger partial charge >= 0.3 is 0 Å². The quantitative estimate of drug-likeness (QED) is 0.762. The average Bonchev–Trinajstić information content (AvgIpc) is 2.73. The Labute approximate surface area is 168 Å². The van der Waals surface area contributed by atoms with Crippen molar-refractivity contribution in [2.45, 2.75) is 31.7 Å². The molecule has 0 unspecified atom stereocenters. The Morgan fingerprint density at radius 3 is 2.52 bits per heavy atom. The zero-order valence-corrected chi connectivity index (χ0v) is 16.6. The molecule has 6 rings (SSSR count). The van der Waals surface area contributed by atoms with Gasteiger partial charge in [-0.3, -0.25) is 0 Å². The number of aromatic nitrogens is 2. The second-order valence-corrected chi connectivity index (χ2v) is 9.70. The van der Waals surface area contributed by atoms with Gasteiger partial charge in [0.1, 0.15) is 18.2 Å². The van der Waals surface area contributed by atoms with Crippen LogP contribution in [0.3, 0.4) is 0 Å². The van der Waals surface area contributed by atoms with Gasteiger partial charge in [0.25, 0.3) is 10.0 Å². The first-order valence-electron chi connectivity index (χ1n) is 9.75. The molecule has 2 aromatic rings. The van der Waals surface area contributed by atoms with E-state index < -0.39 is 15.8 Å². The van der Waals surface area contributed by atoms with E-state index in [1.807, 2.05) is 24.3 Å². The van der Waals surface area contributed by atoms with Gasteiger partial charge in [0.05, 0.1) is 23.6 Å². The number of rotatable bonds is 4. The van der Waals surface area contributed by atoms with E-state index in [-0.39, 0.29) is 11.2 Å². The number of ether oxygens (including phenoxy) is 1. The first-order valence-corrected chi connectivity index (χ1v) is 11.4. The van der Waals surface area contributed by atoms with Crippen LogP contribution in [0.15, 0.2) is 41.1 Å². The molecule has 3 aliphatic heterocycles. The largest absolute Gasteiger partial charge is 0.493 e. The minimum Gasteiger partial charge on any atom is -0.493 e. The summed E-state index contributed by atoms with van der Waals surface area (Å²) in [7, 11) is -3.39. The molecule has 1 aromatic heterocycles. The molecule has 29 heavy (non-hydrogen) atoms. The Kier molecular flexibility index (Phi) is 4.31. The monoisotopic (exact) mass is 416 g/mol. The first-order chi connectivity index (χ1) is 13.9. The van der Waals surface area contributed by atoms with Gasteiger partial charge in [-0.05, 0) is 49.9 Å². The standard InChI is InChI=1S/C20H21FN4O3S/c21-15-11-22-18(23-12-15)14-1-3-17(4-2-14)28-13-20-7-5-16(6-8-20)25-9-10-29(26,27)24-19(20)25/h1-4,11-12,16H,5-10,13H2. The van der Waals surface area contributed by atoms with E-state index in [4.69, 9.17) is 4.74 Å². The number of piperidine rings is 2. The Morgan fingerprint density at radius 1 is 1.14 bits per heavy atom. The van der Waals surface area contributed by atoms with Gasteiger partial charge in [-0.2, -0.15) is 0 Å². The molecule has 2 saturated heterocycles. The lowest BCUT2D eigenvalue weighted by atomic mass is 9.67. The van der Waals surface area contributed by atoms with Crippen molar-refractivity contribution >= 4 is 15.9 Å². The number of benzene rings is 1. The SMILES string of the molecule is O=S1(=O)CCN2C(=N1)C1(COc3ccc(-c4ncc(F)cn4)cc3)CCC2CC1. The van der Waals surface area contributed by atoms with Crippen molar-refractivity contribution < 1.29 is 17.5 Å². The second kappa shape index (κ2) is 6.76. The molecule has 0 N–H and O–H groups in total. The maximum absolute atomic E-state index is 13.0. The lowest BCUT2D eigenvalue weighted by molar-refractivity contribution is 0.0657. The number of nitrogens with zero attached hydrogens (tertiary/aromatic N) is 4. The Balaban J connectivity index is 1.35. The summed E-state index contributed by atoms with van der Waals surface area (Å²) >= 11 is 0. The predicted octanol–water partition coefficient (Wildman–Crippen LogP) is 2.65. The van der Waals surface area contributed by atoms with Crippen LogP contribution in [-0.4, -0.2) is 54.1 Å². The van der Waals surface area contributed by atoms with Crippen LogP contribution in [0.1, 0.15) is 25.7 Å². The summed E-state index contributed by atoms with van der Waals surface area (Å²) in [5, 5.41) is 0. The minimum absolute atomic E-state index is 0.0941. The first kappa shape index (κ1) is 18.5. The number of hydrogen-bond donors (Lipinski definition) is 0. The molecule has 3 fully saturated rings. The van der Waals surface area contributed by atoms with E-state index in [0.29, 0.717) is 36.6 Å². The normalized spacial score (nSPS) is 27.3. The van der Waals surface area contributed by atoms with Crippen LogP contribution in [0.2, 0.25) is 0 Å². The molecule has 9 heteroatoms.